The number of carboxylic acids is 1. The number of ether oxygens (including phenoxy) is 1. The number of nitrogens with one attached hydrogen (secondary N) is 1. The van der Waals surface area contributed by atoms with Crippen LogP contribution in [0.3, 0.4) is 0 Å². The van der Waals surface area contributed by atoms with Crippen LogP contribution in [-0.2, 0) is 14.9 Å². The lowest BCUT2D eigenvalue weighted by atomic mass is 9.98. The Morgan fingerprint density at radius 2 is 2.50 bits per heavy atom. The van der Waals surface area contributed by atoms with E-state index in [9.17, 15) is 4.79 Å². The number of methoxy groups -OCH3 is 1. The Balaban J connectivity index is 2.28. The molecule has 0 bridgehead atoms. The highest BCUT2D eigenvalue weighted by molar-refractivity contribution is 5.75. The first-order valence-electron chi connectivity index (χ1n) is 4.32. The van der Waals surface area contributed by atoms with Gasteiger partial charge < -0.3 is 9.84 Å². The van der Waals surface area contributed by atoms with Gasteiger partial charge in [0.05, 0.1) is 5.41 Å². The Labute approximate surface area is 80.3 Å². The summed E-state index contributed by atoms with van der Waals surface area (Å²) < 4.78 is 4.98. The molecule has 1 atom stereocenters. The number of rotatable bonds is 4. The fourth-order valence-electron chi connectivity index (χ4n) is 1.77. The molecule has 1 aromatic rings. The topological polar surface area (TPSA) is 88.1 Å². The predicted molar refractivity (Wildman–Crippen MR) is 45.7 cm³/mol. The van der Waals surface area contributed by atoms with Gasteiger partial charge in [0, 0.05) is 7.11 Å². The monoisotopic (exact) mass is 197 g/mol. The van der Waals surface area contributed by atoms with E-state index in [1.54, 1.807) is 0 Å². The molecule has 14 heavy (non-hydrogen) atoms. The lowest BCUT2D eigenvalue weighted by molar-refractivity contribution is -0.150. The first kappa shape index (κ1) is 9.14. The maximum atomic E-state index is 10.9. The maximum absolute atomic E-state index is 10.9. The summed E-state index contributed by atoms with van der Waals surface area (Å²) in [6.45, 7) is 0. The SMILES string of the molecule is COC(C(=O)O)C1(c2ncn[nH]2)CC1. The maximum Gasteiger partial charge on any atom is 0.333 e. The summed E-state index contributed by atoms with van der Waals surface area (Å²) in [5.41, 5.74) is -0.489. The molecule has 2 rings (SSSR count). The number of nitrogens with zero attached hydrogens (tertiary/aromatic N) is 2. The zero-order valence-corrected chi connectivity index (χ0v) is 7.73. The van der Waals surface area contributed by atoms with Crippen LogP contribution in [-0.4, -0.2) is 39.5 Å². The number of aromatic nitrogens is 3. The molecule has 0 aliphatic heterocycles. The zero-order chi connectivity index (χ0) is 10.2. The van der Waals surface area contributed by atoms with Crippen molar-refractivity contribution >= 4 is 5.97 Å². The van der Waals surface area contributed by atoms with Crippen LogP contribution in [0.25, 0.3) is 0 Å². The summed E-state index contributed by atoms with van der Waals surface area (Å²) in [5.74, 6) is -0.354. The number of carboxylic acid groups (broad SMARTS) is 1. The van der Waals surface area contributed by atoms with E-state index in [2.05, 4.69) is 15.2 Å². The standard InChI is InChI=1S/C8H11N3O3/c1-14-5(6(12)13)8(2-3-8)7-9-4-10-11-7/h4-5H,2-3H2,1H3,(H,12,13)(H,9,10,11). The Bertz CT molecular complexity index is 332. The molecule has 0 spiro atoms. The molecule has 1 aliphatic carbocycles. The van der Waals surface area contributed by atoms with Crippen LogP contribution in [0.15, 0.2) is 6.33 Å². The Kier molecular flexibility index (Phi) is 1.99. The molecule has 2 N–H and O–H groups in total. The first-order chi connectivity index (χ1) is 6.70. The molecule has 0 saturated heterocycles. The minimum absolute atomic E-state index is 0.489. The summed E-state index contributed by atoms with van der Waals surface area (Å²) in [5, 5.41) is 15.4. The summed E-state index contributed by atoms with van der Waals surface area (Å²) in [4.78, 5) is 14.9. The van der Waals surface area contributed by atoms with Crippen molar-refractivity contribution in [1.29, 1.82) is 0 Å². The van der Waals surface area contributed by atoms with Gasteiger partial charge in [0.1, 0.15) is 12.2 Å². The molecule has 6 nitrogen and oxygen atoms in total. The van der Waals surface area contributed by atoms with Gasteiger partial charge >= 0.3 is 5.97 Å². The summed E-state index contributed by atoms with van der Waals surface area (Å²) in [6.07, 6.45) is 2.08. The highest BCUT2D eigenvalue weighted by Gasteiger charge is 2.56. The van der Waals surface area contributed by atoms with Gasteiger partial charge in [0.15, 0.2) is 6.10 Å². The van der Waals surface area contributed by atoms with Crippen LogP contribution >= 0.6 is 0 Å². The molecule has 0 radical (unpaired) electrons. The Hall–Kier alpha value is -1.43. The second-order valence-electron chi connectivity index (χ2n) is 3.44. The molecular weight excluding hydrogens is 186 g/mol. The highest BCUT2D eigenvalue weighted by Crippen LogP contribution is 2.50. The van der Waals surface area contributed by atoms with E-state index in [0.29, 0.717) is 5.82 Å². The number of H-pyrrole nitrogens is 1. The van der Waals surface area contributed by atoms with Gasteiger partial charge in [0.2, 0.25) is 0 Å². The largest absolute Gasteiger partial charge is 0.479 e. The van der Waals surface area contributed by atoms with E-state index in [1.165, 1.54) is 13.4 Å². The number of hydrogen-bond donors (Lipinski definition) is 2. The van der Waals surface area contributed by atoms with Crippen molar-refractivity contribution in [3.05, 3.63) is 12.2 Å². The van der Waals surface area contributed by atoms with Gasteiger partial charge in [-0.2, -0.15) is 5.10 Å². The molecule has 1 heterocycles. The van der Waals surface area contributed by atoms with Crippen LogP contribution in [0.1, 0.15) is 18.7 Å². The lowest BCUT2D eigenvalue weighted by Crippen LogP contribution is -2.36. The van der Waals surface area contributed by atoms with Gasteiger partial charge in [-0.05, 0) is 12.8 Å². The third kappa shape index (κ3) is 1.19. The summed E-state index contributed by atoms with van der Waals surface area (Å²) in [7, 11) is 1.40. The molecule has 0 amide bonds. The number of aliphatic carboxylic acids is 1. The fourth-order valence-corrected chi connectivity index (χ4v) is 1.77. The average molecular weight is 197 g/mol. The molecule has 6 heteroatoms. The van der Waals surface area contributed by atoms with E-state index >= 15 is 0 Å². The van der Waals surface area contributed by atoms with Gasteiger partial charge in [-0.3, -0.25) is 5.10 Å². The van der Waals surface area contributed by atoms with Gasteiger partial charge in [-0.25, -0.2) is 9.78 Å². The molecule has 76 valence electrons. The lowest BCUT2D eigenvalue weighted by Gasteiger charge is -2.19. The van der Waals surface area contributed by atoms with Crippen LogP contribution in [0.4, 0.5) is 0 Å². The van der Waals surface area contributed by atoms with Crippen LogP contribution in [0.2, 0.25) is 0 Å². The van der Waals surface area contributed by atoms with Crippen LogP contribution < -0.4 is 0 Å². The van der Waals surface area contributed by atoms with Crippen molar-refractivity contribution in [2.24, 2.45) is 0 Å². The van der Waals surface area contributed by atoms with Gasteiger partial charge in [0.25, 0.3) is 0 Å². The smallest absolute Gasteiger partial charge is 0.333 e. The molecule has 1 aromatic heterocycles. The molecule has 1 aliphatic rings. The normalized spacial score (nSPS) is 20.4. The third-order valence-electron chi connectivity index (χ3n) is 2.64. The zero-order valence-electron chi connectivity index (χ0n) is 7.73. The van der Waals surface area contributed by atoms with Gasteiger partial charge in [-0.1, -0.05) is 0 Å². The van der Waals surface area contributed by atoms with E-state index < -0.39 is 17.5 Å². The van der Waals surface area contributed by atoms with E-state index in [-0.39, 0.29) is 0 Å². The highest BCUT2D eigenvalue weighted by atomic mass is 16.5. The average Bonchev–Trinajstić information content (AvgIpc) is 2.76. The second kappa shape index (κ2) is 3.06. The molecule has 0 aromatic carbocycles. The van der Waals surface area contributed by atoms with Crippen LogP contribution in [0, 0.1) is 0 Å². The number of hydrogen-bond acceptors (Lipinski definition) is 4. The van der Waals surface area contributed by atoms with Gasteiger partial charge in [-0.15, -0.1) is 0 Å². The van der Waals surface area contributed by atoms with E-state index in [0.717, 1.165) is 12.8 Å². The molecule has 1 saturated carbocycles. The van der Waals surface area contributed by atoms with Crippen molar-refractivity contribution in [2.45, 2.75) is 24.4 Å². The quantitative estimate of drug-likeness (QED) is 0.705. The fraction of sp³-hybridized carbons (Fsp3) is 0.625. The summed E-state index contributed by atoms with van der Waals surface area (Å²) in [6, 6.07) is 0. The van der Waals surface area contributed by atoms with Crippen molar-refractivity contribution < 1.29 is 14.6 Å². The Morgan fingerprint density at radius 1 is 1.79 bits per heavy atom. The third-order valence-corrected chi connectivity index (χ3v) is 2.64. The number of carbonyl (C=O) groups is 1. The molecule has 1 unspecified atom stereocenters. The number of aromatic amines is 1. The predicted octanol–water partition coefficient (Wildman–Crippen LogP) is -0.0641. The first-order valence-corrected chi connectivity index (χ1v) is 4.32. The van der Waals surface area contributed by atoms with Crippen molar-refractivity contribution in [1.82, 2.24) is 15.2 Å². The van der Waals surface area contributed by atoms with Crippen molar-refractivity contribution in [3.63, 3.8) is 0 Å². The Morgan fingerprint density at radius 3 is 2.86 bits per heavy atom. The minimum Gasteiger partial charge on any atom is -0.479 e. The minimum atomic E-state index is -0.957. The molecular formula is C8H11N3O3. The molecule has 1 fully saturated rings. The van der Waals surface area contributed by atoms with Crippen LogP contribution in [0.5, 0.6) is 0 Å². The van der Waals surface area contributed by atoms with E-state index in [4.69, 9.17) is 9.84 Å². The van der Waals surface area contributed by atoms with Crippen molar-refractivity contribution in [2.75, 3.05) is 7.11 Å². The van der Waals surface area contributed by atoms with Crippen molar-refractivity contribution in [3.8, 4) is 0 Å². The second-order valence-corrected chi connectivity index (χ2v) is 3.44. The van der Waals surface area contributed by atoms with E-state index in [1.807, 2.05) is 0 Å². The summed E-state index contributed by atoms with van der Waals surface area (Å²) >= 11 is 0.